The number of nitrogens with one attached hydrogen (secondary N) is 1. The Morgan fingerprint density at radius 1 is 1.17 bits per heavy atom. The molecule has 0 saturated carbocycles. The van der Waals surface area contributed by atoms with Crippen LogP contribution in [0.2, 0.25) is 5.02 Å². The number of rotatable bonds is 4. The van der Waals surface area contributed by atoms with Crippen molar-refractivity contribution in [2.75, 3.05) is 13.1 Å². The molecule has 2 aromatic rings. The molecule has 3 rings (SSSR count). The van der Waals surface area contributed by atoms with E-state index >= 15 is 0 Å². The highest BCUT2D eigenvalue weighted by molar-refractivity contribution is 7.86. The van der Waals surface area contributed by atoms with Crippen molar-refractivity contribution in [1.82, 2.24) is 5.32 Å². The maximum Gasteiger partial charge on any atom is 0.298 e. The molecule has 0 radical (unpaired) electrons. The number of ether oxygens (including phenoxy) is 1. The van der Waals surface area contributed by atoms with Gasteiger partial charge in [-0.1, -0.05) is 23.7 Å². The third kappa shape index (κ3) is 3.50. The summed E-state index contributed by atoms with van der Waals surface area (Å²) >= 11 is 6.17. The molecule has 7 heteroatoms. The van der Waals surface area contributed by atoms with E-state index in [2.05, 4.69) is 5.32 Å². The summed E-state index contributed by atoms with van der Waals surface area (Å²) in [4.78, 5) is -0.283. The van der Waals surface area contributed by atoms with Crippen LogP contribution in [0, 0.1) is 6.92 Å². The van der Waals surface area contributed by atoms with Gasteiger partial charge >= 0.3 is 0 Å². The molecule has 2 N–H and O–H groups in total. The van der Waals surface area contributed by atoms with Crippen LogP contribution in [0.15, 0.2) is 41.3 Å². The minimum Gasteiger partial charge on any atom is -0.454 e. The normalized spacial score (nSPS) is 15.3. The molecule has 0 aromatic heterocycles. The lowest BCUT2D eigenvalue weighted by Crippen LogP contribution is -2.39. The van der Waals surface area contributed by atoms with Crippen LogP contribution in [0.5, 0.6) is 11.5 Å². The maximum absolute atomic E-state index is 11.5. The van der Waals surface area contributed by atoms with Crippen molar-refractivity contribution in [3.05, 3.63) is 52.5 Å². The molecule has 5 nitrogen and oxygen atoms in total. The van der Waals surface area contributed by atoms with Crippen LogP contribution in [0.4, 0.5) is 0 Å². The van der Waals surface area contributed by atoms with Crippen molar-refractivity contribution in [1.29, 1.82) is 0 Å². The molecule has 1 fully saturated rings. The summed E-state index contributed by atoms with van der Waals surface area (Å²) < 4.78 is 38.1. The Morgan fingerprint density at radius 3 is 2.52 bits per heavy atom. The molecule has 0 unspecified atom stereocenters. The maximum atomic E-state index is 11.5. The van der Waals surface area contributed by atoms with Crippen molar-refractivity contribution < 1.29 is 17.7 Å². The second-order valence-corrected chi connectivity index (χ2v) is 7.37. The number of halogens is 1. The number of aryl methyl sites for hydroxylation is 1. The smallest absolute Gasteiger partial charge is 0.298 e. The first-order chi connectivity index (χ1) is 10.8. The van der Waals surface area contributed by atoms with Gasteiger partial charge in [-0.15, -0.1) is 0 Å². The van der Waals surface area contributed by atoms with E-state index in [1.807, 2.05) is 12.1 Å². The fraction of sp³-hybridized carbons (Fsp3) is 0.250. The molecule has 1 saturated heterocycles. The average molecular weight is 354 g/mol. The molecule has 0 atom stereocenters. The predicted molar refractivity (Wildman–Crippen MR) is 88.1 cm³/mol. The SMILES string of the molecule is Cc1ccc(S(=O)(=O)O)c(Oc2cc(C3CNC3)ccc2Cl)c1. The monoisotopic (exact) mass is 353 g/mol. The van der Waals surface area contributed by atoms with Crippen LogP contribution in [-0.4, -0.2) is 26.1 Å². The number of hydrogen-bond acceptors (Lipinski definition) is 4. The van der Waals surface area contributed by atoms with Crippen molar-refractivity contribution in [2.24, 2.45) is 0 Å². The van der Waals surface area contributed by atoms with Gasteiger partial charge in [-0.3, -0.25) is 4.55 Å². The minimum absolute atomic E-state index is 0.0540. The van der Waals surface area contributed by atoms with Crippen LogP contribution in [0.1, 0.15) is 17.0 Å². The molecule has 0 bridgehead atoms. The van der Waals surface area contributed by atoms with Gasteiger partial charge < -0.3 is 10.1 Å². The minimum atomic E-state index is -4.38. The van der Waals surface area contributed by atoms with Gasteiger partial charge in [-0.25, -0.2) is 0 Å². The molecule has 0 spiro atoms. The molecule has 0 aliphatic carbocycles. The Labute approximate surface area is 140 Å². The zero-order chi connectivity index (χ0) is 16.6. The van der Waals surface area contributed by atoms with Crippen LogP contribution in [0.3, 0.4) is 0 Å². The molecule has 23 heavy (non-hydrogen) atoms. The van der Waals surface area contributed by atoms with E-state index in [1.165, 1.54) is 6.07 Å². The molecule has 2 aromatic carbocycles. The van der Waals surface area contributed by atoms with Gasteiger partial charge in [0.05, 0.1) is 5.02 Å². The van der Waals surface area contributed by atoms with Gasteiger partial charge in [0.15, 0.2) is 0 Å². The Morgan fingerprint density at radius 2 is 1.91 bits per heavy atom. The Balaban J connectivity index is 2.00. The zero-order valence-electron chi connectivity index (χ0n) is 12.4. The van der Waals surface area contributed by atoms with Crippen LogP contribution in [0.25, 0.3) is 0 Å². The van der Waals surface area contributed by atoms with Crippen LogP contribution < -0.4 is 10.1 Å². The highest BCUT2D eigenvalue weighted by Gasteiger charge is 2.22. The highest BCUT2D eigenvalue weighted by atomic mass is 35.5. The summed E-state index contributed by atoms with van der Waals surface area (Å²) in [5.41, 5.74) is 1.88. The third-order valence-electron chi connectivity index (χ3n) is 3.81. The second kappa shape index (κ2) is 6.13. The van der Waals surface area contributed by atoms with Gasteiger partial charge in [0, 0.05) is 19.0 Å². The summed E-state index contributed by atoms with van der Waals surface area (Å²) in [6.45, 7) is 3.59. The van der Waals surface area contributed by atoms with E-state index < -0.39 is 10.1 Å². The van der Waals surface area contributed by atoms with E-state index in [9.17, 15) is 13.0 Å². The van der Waals surface area contributed by atoms with E-state index in [-0.39, 0.29) is 10.6 Å². The van der Waals surface area contributed by atoms with E-state index in [4.69, 9.17) is 16.3 Å². The van der Waals surface area contributed by atoms with Gasteiger partial charge in [-0.2, -0.15) is 8.42 Å². The quantitative estimate of drug-likeness (QED) is 0.824. The number of hydrogen-bond donors (Lipinski definition) is 2. The first-order valence-corrected chi connectivity index (χ1v) is 8.92. The van der Waals surface area contributed by atoms with Gasteiger partial charge in [0.2, 0.25) is 0 Å². The molecular formula is C16H16ClNO4S. The van der Waals surface area contributed by atoms with Gasteiger partial charge in [-0.05, 0) is 42.3 Å². The van der Waals surface area contributed by atoms with Gasteiger partial charge in [0.1, 0.15) is 16.4 Å². The van der Waals surface area contributed by atoms with E-state index in [0.29, 0.717) is 16.7 Å². The molecule has 1 heterocycles. The summed E-state index contributed by atoms with van der Waals surface area (Å²) in [7, 11) is -4.38. The number of benzene rings is 2. The predicted octanol–water partition coefficient (Wildman–Crippen LogP) is 3.37. The summed E-state index contributed by atoms with van der Waals surface area (Å²) in [5.74, 6) is 0.818. The van der Waals surface area contributed by atoms with Crippen molar-refractivity contribution in [3.8, 4) is 11.5 Å². The fourth-order valence-electron chi connectivity index (χ4n) is 2.40. The molecule has 122 valence electrons. The van der Waals surface area contributed by atoms with Crippen LogP contribution >= 0.6 is 11.6 Å². The Kier molecular flexibility index (Phi) is 4.33. The van der Waals surface area contributed by atoms with Crippen molar-refractivity contribution >= 4 is 21.7 Å². The standard InChI is InChI=1S/C16H16ClNO4S/c1-10-2-5-16(23(19,20)21)15(6-10)22-14-7-11(3-4-13(14)17)12-8-18-9-12/h2-7,12,18H,8-9H2,1H3,(H,19,20,21). The largest absolute Gasteiger partial charge is 0.454 e. The van der Waals surface area contributed by atoms with Crippen molar-refractivity contribution in [2.45, 2.75) is 17.7 Å². The lowest BCUT2D eigenvalue weighted by Gasteiger charge is -2.28. The second-order valence-electron chi connectivity index (χ2n) is 5.57. The summed E-state index contributed by atoms with van der Waals surface area (Å²) in [6.07, 6.45) is 0. The first kappa shape index (κ1) is 16.3. The molecule has 1 aliphatic rings. The van der Waals surface area contributed by atoms with Gasteiger partial charge in [0.25, 0.3) is 10.1 Å². The Hall–Kier alpha value is -1.60. The van der Waals surface area contributed by atoms with Crippen molar-refractivity contribution in [3.63, 3.8) is 0 Å². The first-order valence-electron chi connectivity index (χ1n) is 7.11. The molecule has 0 amide bonds. The summed E-state index contributed by atoms with van der Waals surface area (Å²) in [6, 6.07) is 9.93. The molecule has 1 aliphatic heterocycles. The topological polar surface area (TPSA) is 75.6 Å². The zero-order valence-corrected chi connectivity index (χ0v) is 14.0. The van der Waals surface area contributed by atoms with Crippen LogP contribution in [-0.2, 0) is 10.1 Å². The average Bonchev–Trinajstić information content (AvgIpc) is 2.39. The molecular weight excluding hydrogens is 338 g/mol. The summed E-state index contributed by atoms with van der Waals surface area (Å²) in [5, 5.41) is 3.57. The van der Waals surface area contributed by atoms with E-state index in [1.54, 1.807) is 25.1 Å². The Bertz CT molecular complexity index is 847. The highest BCUT2D eigenvalue weighted by Crippen LogP contribution is 2.36. The lowest BCUT2D eigenvalue weighted by molar-refractivity contribution is 0.437. The third-order valence-corrected chi connectivity index (χ3v) is 5.01. The van der Waals surface area contributed by atoms with E-state index in [0.717, 1.165) is 24.2 Å². The lowest BCUT2D eigenvalue weighted by atomic mass is 9.94. The fourth-order valence-corrected chi connectivity index (χ4v) is 3.15.